The van der Waals surface area contributed by atoms with Gasteiger partial charge in [-0.2, -0.15) is 0 Å². The summed E-state index contributed by atoms with van der Waals surface area (Å²) >= 11 is 7.66. The molecule has 2 N–H and O–H groups in total. The van der Waals surface area contributed by atoms with Crippen molar-refractivity contribution in [2.45, 2.75) is 48.3 Å². The van der Waals surface area contributed by atoms with E-state index in [1.54, 1.807) is 11.8 Å². The summed E-state index contributed by atoms with van der Waals surface area (Å²) in [5.74, 6) is 0. The van der Waals surface area contributed by atoms with E-state index in [2.05, 4.69) is 15.5 Å². The molecule has 0 bridgehead atoms. The maximum Gasteiger partial charge on any atom is 0.214 e. The van der Waals surface area contributed by atoms with Crippen LogP contribution < -0.4 is 5.73 Å². The topological polar surface area (TPSA) is 69.6 Å². The van der Waals surface area contributed by atoms with Gasteiger partial charge in [0.1, 0.15) is 0 Å². The number of nitrogens with two attached hydrogens (primary N) is 1. The molecule has 0 spiro atoms. The number of benzene rings is 1. The van der Waals surface area contributed by atoms with Gasteiger partial charge in [-0.3, -0.25) is 0 Å². The van der Waals surface area contributed by atoms with Crippen molar-refractivity contribution in [2.24, 2.45) is 5.73 Å². The Kier molecular flexibility index (Phi) is 3.96. The van der Waals surface area contributed by atoms with E-state index in [1.807, 2.05) is 29.8 Å². The Morgan fingerprint density at radius 3 is 3.00 bits per heavy atom. The molecule has 20 heavy (non-hydrogen) atoms. The molecule has 7 heteroatoms. The molecule has 1 aliphatic rings. The zero-order valence-electron chi connectivity index (χ0n) is 11.2. The van der Waals surface area contributed by atoms with Gasteiger partial charge in [0.05, 0.1) is 6.04 Å². The Labute approximate surface area is 126 Å². The lowest BCUT2D eigenvalue weighted by Crippen LogP contribution is -2.18. The fourth-order valence-corrected chi connectivity index (χ4v) is 3.21. The standard InChI is InChI=1S/C13H16ClN5S/c1-8(15)6-9-7-10(14)2-5-12(9)20-13-16-17-18-19(13)11-3-4-11/h2,5,7-8,11H,3-4,6,15H2,1H3. The van der Waals surface area contributed by atoms with Crippen molar-refractivity contribution < 1.29 is 0 Å². The van der Waals surface area contributed by atoms with Gasteiger partial charge in [-0.05, 0) is 72.1 Å². The van der Waals surface area contributed by atoms with Crippen LogP contribution in [-0.2, 0) is 6.42 Å². The Balaban J connectivity index is 1.87. The molecule has 3 rings (SSSR count). The maximum atomic E-state index is 6.08. The molecule has 1 unspecified atom stereocenters. The van der Waals surface area contributed by atoms with Crippen molar-refractivity contribution in [3.8, 4) is 0 Å². The van der Waals surface area contributed by atoms with Crippen LogP contribution >= 0.6 is 23.4 Å². The summed E-state index contributed by atoms with van der Waals surface area (Å²) in [5, 5.41) is 13.5. The van der Waals surface area contributed by atoms with Gasteiger partial charge in [-0.25, -0.2) is 4.68 Å². The second kappa shape index (κ2) is 5.71. The van der Waals surface area contributed by atoms with E-state index < -0.39 is 0 Å². The summed E-state index contributed by atoms with van der Waals surface area (Å²) in [6, 6.07) is 6.43. The van der Waals surface area contributed by atoms with Crippen molar-refractivity contribution in [3.63, 3.8) is 0 Å². The molecule has 1 atom stereocenters. The largest absolute Gasteiger partial charge is 0.328 e. The Bertz CT molecular complexity index is 609. The van der Waals surface area contributed by atoms with Crippen LogP contribution in [0, 0.1) is 0 Å². The van der Waals surface area contributed by atoms with Gasteiger partial charge >= 0.3 is 0 Å². The molecule has 1 saturated carbocycles. The number of halogens is 1. The van der Waals surface area contributed by atoms with Crippen LogP contribution in [0.2, 0.25) is 5.02 Å². The average molecular weight is 310 g/mol. The van der Waals surface area contributed by atoms with E-state index in [-0.39, 0.29) is 6.04 Å². The predicted octanol–water partition coefficient (Wildman–Crippen LogP) is 2.70. The highest BCUT2D eigenvalue weighted by atomic mass is 35.5. The van der Waals surface area contributed by atoms with Crippen molar-refractivity contribution in [2.75, 3.05) is 0 Å². The summed E-state index contributed by atoms with van der Waals surface area (Å²) in [6.07, 6.45) is 3.10. The minimum atomic E-state index is 0.0900. The van der Waals surface area contributed by atoms with Crippen molar-refractivity contribution in [3.05, 3.63) is 28.8 Å². The first-order valence-corrected chi connectivity index (χ1v) is 7.82. The highest BCUT2D eigenvalue weighted by Crippen LogP contribution is 2.39. The summed E-state index contributed by atoms with van der Waals surface area (Å²) in [4.78, 5) is 1.11. The normalized spacial score (nSPS) is 16.4. The molecule has 106 valence electrons. The van der Waals surface area contributed by atoms with Crippen molar-refractivity contribution in [1.29, 1.82) is 0 Å². The van der Waals surface area contributed by atoms with Crippen LogP contribution in [0.15, 0.2) is 28.3 Å². The second-order valence-electron chi connectivity index (χ2n) is 5.17. The first kappa shape index (κ1) is 13.9. The first-order valence-electron chi connectivity index (χ1n) is 6.63. The lowest BCUT2D eigenvalue weighted by atomic mass is 10.1. The summed E-state index contributed by atoms with van der Waals surface area (Å²) < 4.78 is 1.91. The summed E-state index contributed by atoms with van der Waals surface area (Å²) in [6.45, 7) is 1.99. The quantitative estimate of drug-likeness (QED) is 0.919. The van der Waals surface area contributed by atoms with E-state index in [9.17, 15) is 0 Å². The summed E-state index contributed by atoms with van der Waals surface area (Å²) in [5.41, 5.74) is 7.05. The molecule has 1 heterocycles. The van der Waals surface area contributed by atoms with Gasteiger partial charge in [0.15, 0.2) is 0 Å². The number of nitrogens with zero attached hydrogens (tertiary/aromatic N) is 4. The molecule has 0 saturated heterocycles. The minimum absolute atomic E-state index is 0.0900. The number of aromatic nitrogens is 4. The monoisotopic (exact) mass is 309 g/mol. The van der Waals surface area contributed by atoms with Crippen LogP contribution in [0.3, 0.4) is 0 Å². The van der Waals surface area contributed by atoms with Crippen LogP contribution in [0.25, 0.3) is 0 Å². The molecule has 5 nitrogen and oxygen atoms in total. The maximum absolute atomic E-state index is 6.08. The zero-order chi connectivity index (χ0) is 14.1. The number of hydrogen-bond donors (Lipinski definition) is 1. The van der Waals surface area contributed by atoms with Crippen molar-refractivity contribution in [1.82, 2.24) is 20.2 Å². The highest BCUT2D eigenvalue weighted by Gasteiger charge is 2.28. The van der Waals surface area contributed by atoms with Crippen LogP contribution in [-0.4, -0.2) is 26.2 Å². The van der Waals surface area contributed by atoms with E-state index in [1.165, 1.54) is 0 Å². The van der Waals surface area contributed by atoms with Gasteiger partial charge in [0, 0.05) is 16.0 Å². The SMILES string of the molecule is CC(N)Cc1cc(Cl)ccc1Sc1nnnn1C1CC1. The zero-order valence-corrected chi connectivity index (χ0v) is 12.7. The summed E-state index contributed by atoms with van der Waals surface area (Å²) in [7, 11) is 0. The number of hydrogen-bond acceptors (Lipinski definition) is 5. The van der Waals surface area contributed by atoms with Gasteiger partial charge in [-0.1, -0.05) is 11.6 Å². The first-order chi connectivity index (χ1) is 9.63. The molecule has 0 amide bonds. The average Bonchev–Trinajstić information content (AvgIpc) is 3.12. The number of rotatable bonds is 5. The predicted molar refractivity (Wildman–Crippen MR) is 79.0 cm³/mol. The molecule has 1 fully saturated rings. The molecule has 1 aromatic heterocycles. The molecular weight excluding hydrogens is 294 g/mol. The highest BCUT2D eigenvalue weighted by molar-refractivity contribution is 7.99. The van der Waals surface area contributed by atoms with E-state index in [4.69, 9.17) is 17.3 Å². The molecule has 0 aliphatic heterocycles. The Morgan fingerprint density at radius 1 is 1.50 bits per heavy atom. The minimum Gasteiger partial charge on any atom is -0.328 e. The molecular formula is C13H16ClN5S. The van der Waals surface area contributed by atoms with Crippen molar-refractivity contribution >= 4 is 23.4 Å². The van der Waals surface area contributed by atoms with Gasteiger partial charge < -0.3 is 5.73 Å². The molecule has 1 aliphatic carbocycles. The van der Waals surface area contributed by atoms with E-state index in [0.29, 0.717) is 6.04 Å². The van der Waals surface area contributed by atoms with Crippen LogP contribution in [0.1, 0.15) is 31.4 Å². The van der Waals surface area contributed by atoms with Crippen LogP contribution in [0.4, 0.5) is 0 Å². The molecule has 2 aromatic rings. The lowest BCUT2D eigenvalue weighted by molar-refractivity contribution is 0.565. The van der Waals surface area contributed by atoms with E-state index in [0.717, 1.165) is 39.9 Å². The Hall–Kier alpha value is -1.11. The lowest BCUT2D eigenvalue weighted by Gasteiger charge is -2.11. The Morgan fingerprint density at radius 2 is 2.30 bits per heavy atom. The smallest absolute Gasteiger partial charge is 0.214 e. The van der Waals surface area contributed by atoms with Gasteiger partial charge in [-0.15, -0.1) is 5.10 Å². The van der Waals surface area contributed by atoms with Crippen LogP contribution in [0.5, 0.6) is 0 Å². The fourth-order valence-electron chi connectivity index (χ4n) is 2.05. The number of tetrazole rings is 1. The third kappa shape index (κ3) is 3.13. The third-order valence-electron chi connectivity index (χ3n) is 3.12. The molecule has 1 aromatic carbocycles. The molecule has 0 radical (unpaired) electrons. The van der Waals surface area contributed by atoms with Gasteiger partial charge in [0.2, 0.25) is 5.16 Å². The van der Waals surface area contributed by atoms with Gasteiger partial charge in [0.25, 0.3) is 0 Å². The fraction of sp³-hybridized carbons (Fsp3) is 0.462. The van der Waals surface area contributed by atoms with E-state index >= 15 is 0 Å². The third-order valence-corrected chi connectivity index (χ3v) is 4.43. The second-order valence-corrected chi connectivity index (χ2v) is 6.62.